The van der Waals surface area contributed by atoms with Crippen LogP contribution < -0.4 is 10.6 Å². The summed E-state index contributed by atoms with van der Waals surface area (Å²) in [5.74, 6) is 0.650. The molecule has 1 aromatic carbocycles. The minimum atomic E-state index is -3.59. The lowest BCUT2D eigenvalue weighted by atomic mass is 10.2. The van der Waals surface area contributed by atoms with Crippen molar-refractivity contribution in [3.05, 3.63) is 72.2 Å². The molecule has 29 heavy (non-hydrogen) atoms. The first-order valence-corrected chi connectivity index (χ1v) is 10.3. The molecule has 2 aromatic heterocycles. The second-order valence-electron chi connectivity index (χ2n) is 6.40. The van der Waals surface area contributed by atoms with Crippen molar-refractivity contribution in [1.29, 1.82) is 0 Å². The quantitative estimate of drug-likeness (QED) is 0.609. The van der Waals surface area contributed by atoms with Crippen LogP contribution in [-0.2, 0) is 23.1 Å². The predicted octanol–water partition coefficient (Wildman–Crippen LogP) is 1.52. The number of carbonyl (C=O) groups excluding carboxylic acids is 1. The van der Waals surface area contributed by atoms with Gasteiger partial charge in [-0.2, -0.15) is 5.10 Å². The Morgan fingerprint density at radius 1 is 1.07 bits per heavy atom. The lowest BCUT2D eigenvalue weighted by Crippen LogP contribution is -2.35. The van der Waals surface area contributed by atoms with Crippen molar-refractivity contribution < 1.29 is 13.2 Å². The molecule has 152 valence electrons. The maximum Gasteiger partial charge on any atom is 0.315 e. The van der Waals surface area contributed by atoms with Gasteiger partial charge in [0.15, 0.2) is 5.82 Å². The number of sulfonamides is 1. The molecule has 0 fully saturated rings. The summed E-state index contributed by atoms with van der Waals surface area (Å²) in [6.45, 7) is 0.379. The Morgan fingerprint density at radius 3 is 2.55 bits per heavy atom. The van der Waals surface area contributed by atoms with Gasteiger partial charge in [0.05, 0.1) is 4.90 Å². The second-order valence-corrected chi connectivity index (χ2v) is 8.52. The van der Waals surface area contributed by atoms with E-state index in [1.165, 1.54) is 20.2 Å². The van der Waals surface area contributed by atoms with Crippen molar-refractivity contribution in [2.75, 3.05) is 14.1 Å². The average molecular weight is 414 g/mol. The first-order valence-electron chi connectivity index (χ1n) is 8.85. The molecular weight excluding hydrogens is 392 g/mol. The second kappa shape index (κ2) is 8.84. The fourth-order valence-electron chi connectivity index (χ4n) is 2.62. The number of aromatic nitrogens is 3. The predicted molar refractivity (Wildman–Crippen MR) is 108 cm³/mol. The monoisotopic (exact) mass is 414 g/mol. The molecule has 0 unspecified atom stereocenters. The molecule has 2 heterocycles. The van der Waals surface area contributed by atoms with Crippen LogP contribution in [0, 0.1) is 0 Å². The van der Waals surface area contributed by atoms with Crippen LogP contribution in [0.4, 0.5) is 4.79 Å². The van der Waals surface area contributed by atoms with Gasteiger partial charge in [0, 0.05) is 45.8 Å². The van der Waals surface area contributed by atoms with Crippen LogP contribution >= 0.6 is 0 Å². The fourth-order valence-corrected chi connectivity index (χ4v) is 3.73. The van der Waals surface area contributed by atoms with Crippen LogP contribution in [0.2, 0.25) is 0 Å². The Morgan fingerprint density at radius 2 is 1.83 bits per heavy atom. The smallest absolute Gasteiger partial charge is 0.315 e. The van der Waals surface area contributed by atoms with E-state index in [1.54, 1.807) is 53.6 Å². The molecule has 0 aliphatic rings. The number of carbonyl (C=O) groups is 1. The first-order chi connectivity index (χ1) is 13.9. The maximum atomic E-state index is 12.4. The number of urea groups is 1. The first kappa shape index (κ1) is 20.5. The molecule has 0 saturated carbocycles. The number of amides is 2. The van der Waals surface area contributed by atoms with Crippen molar-refractivity contribution >= 4 is 16.1 Å². The lowest BCUT2D eigenvalue weighted by molar-refractivity contribution is 0.240. The summed E-state index contributed by atoms with van der Waals surface area (Å²) in [5.41, 5.74) is 1.37. The molecule has 0 aliphatic carbocycles. The molecule has 2 amide bonds. The van der Waals surface area contributed by atoms with E-state index < -0.39 is 16.1 Å². The van der Waals surface area contributed by atoms with Crippen molar-refractivity contribution in [1.82, 2.24) is 29.7 Å². The van der Waals surface area contributed by atoms with Gasteiger partial charge in [-0.3, -0.25) is 0 Å². The molecule has 0 bridgehead atoms. The summed E-state index contributed by atoms with van der Waals surface area (Å²) in [4.78, 5) is 16.6. The minimum absolute atomic E-state index is 0.0873. The third-order valence-corrected chi connectivity index (χ3v) is 6.09. The summed E-state index contributed by atoms with van der Waals surface area (Å²) in [6, 6.07) is 11.6. The Balaban J connectivity index is 1.60. The molecule has 9 nitrogen and oxygen atoms in total. The molecule has 3 aromatic rings. The zero-order chi connectivity index (χ0) is 20.9. The molecule has 0 aliphatic heterocycles. The Labute approximate surface area is 169 Å². The van der Waals surface area contributed by atoms with Crippen molar-refractivity contribution in [2.45, 2.75) is 18.0 Å². The number of hydrogen-bond acceptors (Lipinski definition) is 5. The van der Waals surface area contributed by atoms with Crippen molar-refractivity contribution in [3.8, 4) is 5.82 Å². The van der Waals surface area contributed by atoms with Crippen LogP contribution in [0.1, 0.15) is 11.1 Å². The summed E-state index contributed by atoms with van der Waals surface area (Å²) in [5, 5.41) is 9.58. The largest absolute Gasteiger partial charge is 0.334 e. The number of hydrogen-bond donors (Lipinski definition) is 2. The zero-order valence-electron chi connectivity index (χ0n) is 16.1. The Kier molecular flexibility index (Phi) is 6.25. The van der Waals surface area contributed by atoms with Crippen LogP contribution in [0.15, 0.2) is 66.0 Å². The van der Waals surface area contributed by atoms with Gasteiger partial charge in [-0.05, 0) is 35.4 Å². The van der Waals surface area contributed by atoms with Gasteiger partial charge in [0.25, 0.3) is 0 Å². The van der Waals surface area contributed by atoms with Gasteiger partial charge in [0.1, 0.15) is 0 Å². The number of nitrogens with one attached hydrogen (secondary N) is 2. The number of pyridine rings is 1. The highest BCUT2D eigenvalue weighted by molar-refractivity contribution is 7.89. The van der Waals surface area contributed by atoms with E-state index >= 15 is 0 Å². The van der Waals surface area contributed by atoms with Gasteiger partial charge in [-0.15, -0.1) is 0 Å². The molecule has 2 N–H and O–H groups in total. The van der Waals surface area contributed by atoms with E-state index in [1.807, 2.05) is 6.07 Å². The molecule has 3 rings (SSSR count). The standard InChI is InChI=1S/C19H22N6O3S/c1-24(2)29(27,28)17-7-4-3-6-16(17)14-22-19(26)21-13-15-8-10-20-18(12-15)25-11-5-9-23-25/h3-12H,13-14H2,1-2H3,(H2,21,22,26). The summed E-state index contributed by atoms with van der Waals surface area (Å²) in [6.07, 6.45) is 5.09. The van der Waals surface area contributed by atoms with Gasteiger partial charge >= 0.3 is 6.03 Å². The van der Waals surface area contributed by atoms with Crippen LogP contribution in [0.25, 0.3) is 5.82 Å². The molecule has 0 radical (unpaired) electrons. The van der Waals surface area contributed by atoms with Crippen molar-refractivity contribution in [2.24, 2.45) is 0 Å². The van der Waals surface area contributed by atoms with Gasteiger partial charge in [-0.1, -0.05) is 18.2 Å². The topological polar surface area (TPSA) is 109 Å². The van der Waals surface area contributed by atoms with Crippen molar-refractivity contribution in [3.63, 3.8) is 0 Å². The average Bonchev–Trinajstić information content (AvgIpc) is 3.26. The molecule has 0 saturated heterocycles. The van der Waals surface area contributed by atoms with Gasteiger partial charge in [0.2, 0.25) is 10.0 Å². The molecule has 0 spiro atoms. The lowest BCUT2D eigenvalue weighted by Gasteiger charge is -2.15. The number of nitrogens with zero attached hydrogens (tertiary/aromatic N) is 4. The highest BCUT2D eigenvalue weighted by Gasteiger charge is 2.20. The van der Waals surface area contributed by atoms with E-state index in [0.717, 1.165) is 9.87 Å². The molecular formula is C19H22N6O3S. The molecule has 0 atom stereocenters. The fraction of sp³-hybridized carbons (Fsp3) is 0.211. The van der Waals surface area contributed by atoms with Crippen LogP contribution in [-0.4, -0.2) is 47.6 Å². The normalized spacial score (nSPS) is 11.4. The minimum Gasteiger partial charge on any atom is -0.334 e. The van der Waals surface area contributed by atoms with Gasteiger partial charge in [-0.25, -0.2) is 27.2 Å². The van der Waals surface area contributed by atoms with E-state index in [-0.39, 0.29) is 11.4 Å². The summed E-state index contributed by atoms with van der Waals surface area (Å²) >= 11 is 0. The van der Waals surface area contributed by atoms with E-state index in [0.29, 0.717) is 17.9 Å². The summed E-state index contributed by atoms with van der Waals surface area (Å²) in [7, 11) is -0.649. The molecule has 10 heteroatoms. The number of benzene rings is 1. The summed E-state index contributed by atoms with van der Waals surface area (Å²) < 4.78 is 27.6. The van der Waals surface area contributed by atoms with E-state index in [9.17, 15) is 13.2 Å². The zero-order valence-corrected chi connectivity index (χ0v) is 16.9. The third kappa shape index (κ3) is 4.98. The van der Waals surface area contributed by atoms with Crippen LogP contribution in [0.5, 0.6) is 0 Å². The van der Waals surface area contributed by atoms with Gasteiger partial charge < -0.3 is 10.6 Å². The Hall–Kier alpha value is -3.24. The van der Waals surface area contributed by atoms with Crippen LogP contribution in [0.3, 0.4) is 0 Å². The highest BCUT2D eigenvalue weighted by atomic mass is 32.2. The third-order valence-electron chi connectivity index (χ3n) is 4.17. The SMILES string of the molecule is CN(C)S(=O)(=O)c1ccccc1CNC(=O)NCc1ccnc(-n2cccn2)c1. The van der Waals surface area contributed by atoms with E-state index in [4.69, 9.17) is 0 Å². The van der Waals surface area contributed by atoms with E-state index in [2.05, 4.69) is 20.7 Å². The highest BCUT2D eigenvalue weighted by Crippen LogP contribution is 2.18. The maximum absolute atomic E-state index is 12.4. The number of rotatable bonds is 7. The Bertz CT molecular complexity index is 1080.